The van der Waals surface area contributed by atoms with Gasteiger partial charge < -0.3 is 5.73 Å². The Hall–Kier alpha value is -1.33. The van der Waals surface area contributed by atoms with E-state index in [4.69, 9.17) is 5.73 Å². The summed E-state index contributed by atoms with van der Waals surface area (Å²) in [6.07, 6.45) is 0.383. The van der Waals surface area contributed by atoms with Crippen LogP contribution in [-0.2, 0) is 12.8 Å². The molecule has 0 fully saturated rings. The quantitative estimate of drug-likeness (QED) is 0.892. The van der Waals surface area contributed by atoms with E-state index in [-0.39, 0.29) is 17.8 Å². The first-order valence-corrected chi connectivity index (χ1v) is 6.89. The van der Waals surface area contributed by atoms with E-state index in [1.165, 1.54) is 30.3 Å². The molecule has 0 saturated carbocycles. The molecule has 2 aromatic rings. The van der Waals surface area contributed by atoms with Crippen molar-refractivity contribution in [3.63, 3.8) is 0 Å². The summed E-state index contributed by atoms with van der Waals surface area (Å²) >= 11 is 3.30. The molecule has 0 saturated heterocycles. The smallest absolute Gasteiger partial charge is 0.129 e. The highest BCUT2D eigenvalue weighted by atomic mass is 79.9. The molecule has 106 valence electrons. The van der Waals surface area contributed by atoms with Crippen LogP contribution in [0.4, 0.5) is 13.2 Å². The molecule has 0 aromatic heterocycles. The number of rotatable bonds is 4. The molecule has 0 spiro atoms. The Balaban J connectivity index is 2.13. The van der Waals surface area contributed by atoms with E-state index in [1.807, 2.05) is 0 Å². The van der Waals surface area contributed by atoms with Crippen molar-refractivity contribution in [2.45, 2.75) is 18.9 Å². The zero-order valence-electron chi connectivity index (χ0n) is 10.5. The molecule has 1 unspecified atom stereocenters. The Bertz CT molecular complexity index is 596. The molecule has 1 nitrogen and oxygen atoms in total. The molecule has 20 heavy (non-hydrogen) atoms. The third-order valence-corrected chi connectivity index (χ3v) is 3.79. The van der Waals surface area contributed by atoms with Gasteiger partial charge in [0.2, 0.25) is 0 Å². The summed E-state index contributed by atoms with van der Waals surface area (Å²) in [4.78, 5) is 0. The van der Waals surface area contributed by atoms with Crippen LogP contribution in [0.1, 0.15) is 11.1 Å². The molecule has 0 aliphatic carbocycles. The average Bonchev–Trinajstić information content (AvgIpc) is 2.38. The molecule has 0 heterocycles. The molecule has 2 N–H and O–H groups in total. The van der Waals surface area contributed by atoms with Crippen LogP contribution in [0.5, 0.6) is 0 Å². The van der Waals surface area contributed by atoms with Crippen molar-refractivity contribution in [2.24, 2.45) is 5.73 Å². The largest absolute Gasteiger partial charge is 0.327 e. The van der Waals surface area contributed by atoms with Crippen molar-refractivity contribution in [3.8, 4) is 0 Å². The zero-order chi connectivity index (χ0) is 14.7. The van der Waals surface area contributed by atoms with E-state index in [2.05, 4.69) is 15.9 Å². The summed E-state index contributed by atoms with van der Waals surface area (Å²) < 4.78 is 41.0. The van der Waals surface area contributed by atoms with Crippen LogP contribution < -0.4 is 5.73 Å². The topological polar surface area (TPSA) is 26.0 Å². The lowest BCUT2D eigenvalue weighted by Crippen LogP contribution is -2.26. The fraction of sp³-hybridized carbons (Fsp3) is 0.200. The van der Waals surface area contributed by atoms with Gasteiger partial charge in [0.25, 0.3) is 0 Å². The monoisotopic (exact) mass is 343 g/mol. The van der Waals surface area contributed by atoms with E-state index in [1.54, 1.807) is 6.07 Å². The van der Waals surface area contributed by atoms with Crippen LogP contribution in [0.15, 0.2) is 40.9 Å². The first kappa shape index (κ1) is 15.1. The highest BCUT2D eigenvalue weighted by Crippen LogP contribution is 2.21. The van der Waals surface area contributed by atoms with Gasteiger partial charge in [-0.05, 0) is 48.7 Å². The van der Waals surface area contributed by atoms with Gasteiger partial charge in [-0.15, -0.1) is 0 Å². The van der Waals surface area contributed by atoms with Crippen molar-refractivity contribution in [3.05, 3.63) is 69.4 Å². The van der Waals surface area contributed by atoms with Crippen molar-refractivity contribution in [1.82, 2.24) is 0 Å². The summed E-state index contributed by atoms with van der Waals surface area (Å²) in [6.45, 7) is 0. The highest BCUT2D eigenvalue weighted by Gasteiger charge is 2.14. The number of hydrogen-bond acceptors (Lipinski definition) is 1. The number of benzene rings is 2. The fourth-order valence-electron chi connectivity index (χ4n) is 2.04. The molecule has 0 aliphatic rings. The predicted octanol–water partition coefficient (Wildman–Crippen LogP) is 3.98. The minimum absolute atomic E-state index is 0.0347. The maximum atomic E-state index is 13.5. The number of hydrogen-bond donors (Lipinski definition) is 1. The first-order chi connectivity index (χ1) is 9.47. The van der Waals surface area contributed by atoms with Crippen LogP contribution in [0.2, 0.25) is 0 Å². The molecular formula is C15H13BrF3N. The van der Waals surface area contributed by atoms with Gasteiger partial charge in [0.15, 0.2) is 0 Å². The molecule has 0 aliphatic heterocycles. The third-order valence-electron chi connectivity index (χ3n) is 3.02. The summed E-state index contributed by atoms with van der Waals surface area (Å²) in [5.41, 5.74) is 6.56. The van der Waals surface area contributed by atoms with Crippen molar-refractivity contribution in [2.75, 3.05) is 0 Å². The second kappa shape index (κ2) is 6.41. The van der Waals surface area contributed by atoms with Gasteiger partial charge in [-0.3, -0.25) is 0 Å². The minimum Gasteiger partial charge on any atom is -0.327 e. The Morgan fingerprint density at radius 3 is 2.30 bits per heavy atom. The summed E-state index contributed by atoms with van der Waals surface area (Å²) in [7, 11) is 0. The maximum absolute atomic E-state index is 13.5. The Kier molecular flexibility index (Phi) is 4.83. The first-order valence-electron chi connectivity index (χ1n) is 6.09. The van der Waals surface area contributed by atoms with Crippen molar-refractivity contribution < 1.29 is 13.2 Å². The molecule has 5 heteroatoms. The normalized spacial score (nSPS) is 12.4. The Morgan fingerprint density at radius 1 is 1.00 bits per heavy atom. The van der Waals surface area contributed by atoms with Crippen LogP contribution in [0.3, 0.4) is 0 Å². The molecule has 2 aromatic carbocycles. The van der Waals surface area contributed by atoms with Gasteiger partial charge in [0.05, 0.1) is 0 Å². The SMILES string of the molecule is NC(Cc1cc(F)ccc1Br)Cc1c(F)cccc1F. The summed E-state index contributed by atoms with van der Waals surface area (Å²) in [6, 6.07) is 7.48. The van der Waals surface area contributed by atoms with Gasteiger partial charge in [-0.1, -0.05) is 22.0 Å². The predicted molar refractivity (Wildman–Crippen MR) is 75.8 cm³/mol. The molecule has 0 amide bonds. The highest BCUT2D eigenvalue weighted by molar-refractivity contribution is 9.10. The molecule has 2 rings (SSSR count). The number of nitrogens with two attached hydrogens (primary N) is 1. The molecule has 1 atom stereocenters. The second-order valence-electron chi connectivity index (χ2n) is 4.60. The van der Waals surface area contributed by atoms with Gasteiger partial charge in [0, 0.05) is 16.1 Å². The van der Waals surface area contributed by atoms with E-state index < -0.39 is 17.7 Å². The van der Waals surface area contributed by atoms with E-state index in [9.17, 15) is 13.2 Å². The van der Waals surface area contributed by atoms with Crippen molar-refractivity contribution >= 4 is 15.9 Å². The summed E-state index contributed by atoms with van der Waals surface area (Å²) in [5, 5.41) is 0. The van der Waals surface area contributed by atoms with E-state index in [0.717, 1.165) is 4.47 Å². The summed E-state index contributed by atoms with van der Waals surface area (Å²) in [5.74, 6) is -1.59. The van der Waals surface area contributed by atoms with Gasteiger partial charge in [-0.25, -0.2) is 13.2 Å². The van der Waals surface area contributed by atoms with Gasteiger partial charge >= 0.3 is 0 Å². The van der Waals surface area contributed by atoms with Crippen LogP contribution in [0, 0.1) is 17.5 Å². The Labute approximate surface area is 123 Å². The maximum Gasteiger partial charge on any atom is 0.129 e. The Morgan fingerprint density at radius 2 is 1.65 bits per heavy atom. The average molecular weight is 344 g/mol. The molecule has 0 bridgehead atoms. The second-order valence-corrected chi connectivity index (χ2v) is 5.46. The van der Waals surface area contributed by atoms with E-state index in [0.29, 0.717) is 12.0 Å². The van der Waals surface area contributed by atoms with Crippen LogP contribution >= 0.6 is 15.9 Å². The van der Waals surface area contributed by atoms with Gasteiger partial charge in [-0.2, -0.15) is 0 Å². The van der Waals surface area contributed by atoms with Crippen LogP contribution in [0.25, 0.3) is 0 Å². The van der Waals surface area contributed by atoms with E-state index >= 15 is 0 Å². The van der Waals surface area contributed by atoms with Crippen LogP contribution in [-0.4, -0.2) is 6.04 Å². The van der Waals surface area contributed by atoms with Crippen molar-refractivity contribution in [1.29, 1.82) is 0 Å². The van der Waals surface area contributed by atoms with Gasteiger partial charge in [0.1, 0.15) is 17.5 Å². The standard InChI is InChI=1S/C15H13BrF3N/c16-13-5-4-10(17)6-9(13)7-11(20)8-12-14(18)2-1-3-15(12)19/h1-6,11H,7-8,20H2. The molecule has 0 radical (unpaired) electrons. The fourth-order valence-corrected chi connectivity index (χ4v) is 2.45. The third kappa shape index (κ3) is 3.61. The molecular weight excluding hydrogens is 331 g/mol. The minimum atomic E-state index is -0.612. The zero-order valence-corrected chi connectivity index (χ0v) is 12.1. The lowest BCUT2D eigenvalue weighted by Gasteiger charge is -2.14. The lowest BCUT2D eigenvalue weighted by atomic mass is 9.99. The number of halogens is 4. The lowest BCUT2D eigenvalue weighted by molar-refractivity contribution is 0.533.